The average molecular weight is 273 g/mol. The van der Waals surface area contributed by atoms with Crippen LogP contribution in [0.5, 0.6) is 0 Å². The number of hydrogen-bond acceptors (Lipinski definition) is 4. The molecule has 1 aromatic carbocycles. The molecule has 0 aliphatic carbocycles. The Hall–Kier alpha value is -1.63. The SMILES string of the molecule is CC(CSCc1ccc([N+](=O)[O-])c(F)c1)C(=O)O. The highest BCUT2D eigenvalue weighted by atomic mass is 32.2. The van der Waals surface area contributed by atoms with Gasteiger partial charge in [-0.05, 0) is 11.6 Å². The van der Waals surface area contributed by atoms with Crippen molar-refractivity contribution in [2.45, 2.75) is 12.7 Å². The lowest BCUT2D eigenvalue weighted by Crippen LogP contribution is -2.11. The summed E-state index contributed by atoms with van der Waals surface area (Å²) in [6, 6.07) is 3.70. The molecule has 0 spiro atoms. The minimum Gasteiger partial charge on any atom is -0.481 e. The molecule has 1 atom stereocenters. The van der Waals surface area contributed by atoms with E-state index in [-0.39, 0.29) is 0 Å². The molecule has 0 aromatic heterocycles. The summed E-state index contributed by atoms with van der Waals surface area (Å²) in [5.41, 5.74) is 0.0448. The maximum atomic E-state index is 13.3. The number of nitro benzene ring substituents is 1. The smallest absolute Gasteiger partial charge is 0.307 e. The summed E-state index contributed by atoms with van der Waals surface area (Å²) in [5.74, 6) is -1.39. The van der Waals surface area contributed by atoms with Gasteiger partial charge >= 0.3 is 11.7 Å². The Bertz CT molecular complexity index is 466. The third-order valence-electron chi connectivity index (χ3n) is 2.27. The van der Waals surface area contributed by atoms with Gasteiger partial charge in [-0.1, -0.05) is 13.0 Å². The van der Waals surface area contributed by atoms with E-state index in [4.69, 9.17) is 5.11 Å². The van der Waals surface area contributed by atoms with E-state index < -0.39 is 28.3 Å². The van der Waals surface area contributed by atoms with Crippen molar-refractivity contribution in [3.8, 4) is 0 Å². The molecular formula is C11H12FNO4S. The number of carbonyl (C=O) groups is 1. The minimum atomic E-state index is -0.877. The molecule has 0 aliphatic heterocycles. The van der Waals surface area contributed by atoms with Gasteiger partial charge in [-0.3, -0.25) is 14.9 Å². The fourth-order valence-corrected chi connectivity index (χ4v) is 2.24. The molecule has 0 saturated heterocycles. The largest absolute Gasteiger partial charge is 0.481 e. The van der Waals surface area contributed by atoms with Gasteiger partial charge in [-0.25, -0.2) is 0 Å². The molecule has 1 N–H and O–H groups in total. The summed E-state index contributed by atoms with van der Waals surface area (Å²) in [6.45, 7) is 1.59. The summed E-state index contributed by atoms with van der Waals surface area (Å²) in [5, 5.41) is 19.1. The summed E-state index contributed by atoms with van der Waals surface area (Å²) in [6.07, 6.45) is 0. The van der Waals surface area contributed by atoms with Crippen LogP contribution in [0.2, 0.25) is 0 Å². The van der Waals surface area contributed by atoms with Crippen molar-refractivity contribution in [3.63, 3.8) is 0 Å². The van der Waals surface area contributed by atoms with Gasteiger partial charge in [0, 0.05) is 17.6 Å². The lowest BCUT2D eigenvalue weighted by Gasteiger charge is -2.05. The highest BCUT2D eigenvalue weighted by Gasteiger charge is 2.14. The number of rotatable bonds is 6. The van der Waals surface area contributed by atoms with E-state index in [9.17, 15) is 19.3 Å². The molecule has 5 nitrogen and oxygen atoms in total. The Morgan fingerprint density at radius 1 is 1.61 bits per heavy atom. The highest BCUT2D eigenvalue weighted by molar-refractivity contribution is 7.98. The summed E-state index contributed by atoms with van der Waals surface area (Å²) >= 11 is 1.35. The quantitative estimate of drug-likeness (QED) is 0.636. The summed E-state index contributed by atoms with van der Waals surface area (Å²) in [4.78, 5) is 20.2. The monoisotopic (exact) mass is 273 g/mol. The van der Waals surface area contributed by atoms with Gasteiger partial charge in [0.25, 0.3) is 0 Å². The van der Waals surface area contributed by atoms with E-state index in [1.807, 2.05) is 0 Å². The summed E-state index contributed by atoms with van der Waals surface area (Å²) < 4.78 is 13.3. The Morgan fingerprint density at radius 3 is 2.78 bits per heavy atom. The van der Waals surface area contributed by atoms with Crippen LogP contribution in [0.4, 0.5) is 10.1 Å². The molecule has 0 saturated carbocycles. The standard InChI is InChI=1S/C11H12FNO4S/c1-7(11(14)15)5-18-6-8-2-3-10(13(16)17)9(12)4-8/h2-4,7H,5-6H2,1H3,(H,14,15). The number of carboxylic acids is 1. The van der Waals surface area contributed by atoms with Crippen molar-refractivity contribution < 1.29 is 19.2 Å². The van der Waals surface area contributed by atoms with Crippen molar-refractivity contribution in [3.05, 3.63) is 39.7 Å². The van der Waals surface area contributed by atoms with E-state index in [0.29, 0.717) is 17.1 Å². The van der Waals surface area contributed by atoms with Crippen molar-refractivity contribution in [2.75, 3.05) is 5.75 Å². The Labute approximate surface area is 107 Å². The van der Waals surface area contributed by atoms with Crippen molar-refractivity contribution >= 4 is 23.4 Å². The van der Waals surface area contributed by atoms with Crippen molar-refractivity contribution in [2.24, 2.45) is 5.92 Å². The number of nitrogens with zero attached hydrogens (tertiary/aromatic N) is 1. The molecule has 1 aromatic rings. The molecule has 1 rings (SSSR count). The molecule has 0 fully saturated rings. The van der Waals surface area contributed by atoms with Gasteiger partial charge in [-0.2, -0.15) is 16.2 Å². The first-order chi connectivity index (χ1) is 8.41. The predicted molar refractivity (Wildman–Crippen MR) is 66.0 cm³/mol. The Morgan fingerprint density at radius 2 is 2.28 bits per heavy atom. The number of hydrogen-bond donors (Lipinski definition) is 1. The van der Waals surface area contributed by atoms with Crippen molar-refractivity contribution in [1.29, 1.82) is 0 Å². The Balaban J connectivity index is 2.56. The van der Waals surface area contributed by atoms with Crippen LogP contribution in [-0.2, 0) is 10.5 Å². The molecule has 0 aliphatic rings. The third-order valence-corrected chi connectivity index (χ3v) is 3.54. The lowest BCUT2D eigenvalue weighted by molar-refractivity contribution is -0.387. The van der Waals surface area contributed by atoms with E-state index >= 15 is 0 Å². The van der Waals surface area contributed by atoms with E-state index in [1.54, 1.807) is 6.92 Å². The topological polar surface area (TPSA) is 80.4 Å². The normalized spacial score (nSPS) is 12.1. The molecule has 0 radical (unpaired) electrons. The van der Waals surface area contributed by atoms with Crippen LogP contribution in [0.1, 0.15) is 12.5 Å². The van der Waals surface area contributed by atoms with Crippen LogP contribution >= 0.6 is 11.8 Å². The molecular weight excluding hydrogens is 261 g/mol. The van der Waals surface area contributed by atoms with Gasteiger partial charge in [0.2, 0.25) is 5.82 Å². The summed E-state index contributed by atoms with van der Waals surface area (Å²) in [7, 11) is 0. The first-order valence-electron chi connectivity index (χ1n) is 5.15. The highest BCUT2D eigenvalue weighted by Crippen LogP contribution is 2.21. The second-order valence-electron chi connectivity index (χ2n) is 3.80. The third kappa shape index (κ3) is 3.99. The van der Waals surface area contributed by atoms with Crippen LogP contribution in [0.3, 0.4) is 0 Å². The first kappa shape index (κ1) is 14.4. The van der Waals surface area contributed by atoms with Crippen LogP contribution in [-0.4, -0.2) is 21.8 Å². The maximum Gasteiger partial charge on any atom is 0.307 e. The molecule has 18 heavy (non-hydrogen) atoms. The molecule has 98 valence electrons. The maximum absolute atomic E-state index is 13.3. The number of aliphatic carboxylic acids is 1. The van der Waals surface area contributed by atoms with Crippen LogP contribution in [0.15, 0.2) is 18.2 Å². The zero-order valence-corrected chi connectivity index (χ0v) is 10.4. The molecule has 7 heteroatoms. The molecule has 0 bridgehead atoms. The lowest BCUT2D eigenvalue weighted by atomic mass is 10.2. The van der Waals surface area contributed by atoms with Crippen LogP contribution < -0.4 is 0 Å². The molecule has 1 unspecified atom stereocenters. The Kier molecular flexibility index (Phi) is 5.08. The van der Waals surface area contributed by atoms with Gasteiger partial charge in [0.15, 0.2) is 0 Å². The fourth-order valence-electron chi connectivity index (χ4n) is 1.21. The second-order valence-corrected chi connectivity index (χ2v) is 4.83. The predicted octanol–water partition coefficient (Wildman–Crippen LogP) is 2.69. The molecule has 0 heterocycles. The second kappa shape index (κ2) is 6.34. The van der Waals surface area contributed by atoms with Crippen LogP contribution in [0.25, 0.3) is 0 Å². The molecule has 0 amide bonds. The fraction of sp³-hybridized carbons (Fsp3) is 0.364. The zero-order valence-electron chi connectivity index (χ0n) is 9.63. The van der Waals surface area contributed by atoms with E-state index in [0.717, 1.165) is 12.1 Å². The van der Waals surface area contributed by atoms with Gasteiger partial charge in [0.05, 0.1) is 10.8 Å². The number of benzene rings is 1. The van der Waals surface area contributed by atoms with Gasteiger partial charge in [0.1, 0.15) is 0 Å². The number of nitro groups is 1. The minimum absolute atomic E-state index is 0.411. The van der Waals surface area contributed by atoms with E-state index in [2.05, 4.69) is 0 Å². The van der Waals surface area contributed by atoms with Gasteiger partial charge < -0.3 is 5.11 Å². The van der Waals surface area contributed by atoms with Crippen molar-refractivity contribution in [1.82, 2.24) is 0 Å². The number of halogens is 1. The van der Waals surface area contributed by atoms with Gasteiger partial charge in [-0.15, -0.1) is 0 Å². The van der Waals surface area contributed by atoms with Crippen LogP contribution in [0, 0.1) is 21.8 Å². The zero-order chi connectivity index (χ0) is 13.7. The average Bonchev–Trinajstić information content (AvgIpc) is 2.28. The number of thioether (sulfide) groups is 1. The van der Waals surface area contributed by atoms with E-state index in [1.165, 1.54) is 17.8 Å². The first-order valence-corrected chi connectivity index (χ1v) is 6.30. The number of carboxylic acid groups (broad SMARTS) is 1.